The molecule has 6 heteroatoms. The molecule has 0 saturated heterocycles. The third-order valence-electron chi connectivity index (χ3n) is 3.13. The van der Waals surface area contributed by atoms with Gasteiger partial charge >= 0.3 is 0 Å². The van der Waals surface area contributed by atoms with Crippen LogP contribution in [0.3, 0.4) is 0 Å². The molecule has 3 N–H and O–H groups in total. The number of guanidine groups is 1. The summed E-state index contributed by atoms with van der Waals surface area (Å²) in [6.45, 7) is 7.59. The Morgan fingerprint density at radius 1 is 1.30 bits per heavy atom. The number of benzene rings is 1. The number of aliphatic imine (C=N–C) groups is 1. The van der Waals surface area contributed by atoms with Crippen LogP contribution in [0.5, 0.6) is 5.75 Å². The highest BCUT2D eigenvalue weighted by Crippen LogP contribution is 2.16. The molecule has 0 radical (unpaired) electrons. The minimum atomic E-state index is 0.164. The first-order valence-electron chi connectivity index (χ1n) is 7.84. The van der Waals surface area contributed by atoms with Crippen molar-refractivity contribution in [2.45, 2.75) is 33.4 Å². The van der Waals surface area contributed by atoms with Crippen molar-refractivity contribution in [2.24, 2.45) is 16.6 Å². The summed E-state index contributed by atoms with van der Waals surface area (Å²) >= 11 is 0. The molecule has 0 fully saturated rings. The Kier molecular flexibility index (Phi) is 6.02. The van der Waals surface area contributed by atoms with Crippen LogP contribution >= 0.6 is 0 Å². The quantitative estimate of drug-likeness (QED) is 0.608. The molecule has 0 aliphatic rings. The highest BCUT2D eigenvalue weighted by atomic mass is 16.5. The van der Waals surface area contributed by atoms with Crippen molar-refractivity contribution in [3.05, 3.63) is 42.7 Å². The molecule has 0 bridgehead atoms. The van der Waals surface area contributed by atoms with E-state index in [2.05, 4.69) is 22.3 Å². The summed E-state index contributed by atoms with van der Waals surface area (Å²) in [6, 6.07) is 9.59. The number of hydrogen-bond donors (Lipinski definition) is 2. The van der Waals surface area contributed by atoms with Gasteiger partial charge in [0.1, 0.15) is 5.75 Å². The van der Waals surface area contributed by atoms with Gasteiger partial charge in [-0.25, -0.2) is 0 Å². The van der Waals surface area contributed by atoms with E-state index in [-0.39, 0.29) is 6.10 Å². The molecule has 1 atom stereocenters. The molecule has 1 aromatic carbocycles. The Hall–Kier alpha value is -2.50. The number of hydrogen-bond acceptors (Lipinski definition) is 3. The second-order valence-electron chi connectivity index (χ2n) is 5.88. The SMILES string of the molecule is CC(CN=C(N)Nc1ccc(OC(C)C)cc1)Cn1cccn1. The van der Waals surface area contributed by atoms with E-state index in [1.54, 1.807) is 6.20 Å². The molecule has 0 aliphatic carbocycles. The van der Waals surface area contributed by atoms with E-state index in [0.717, 1.165) is 18.0 Å². The van der Waals surface area contributed by atoms with E-state index >= 15 is 0 Å². The van der Waals surface area contributed by atoms with E-state index in [1.165, 1.54) is 0 Å². The minimum Gasteiger partial charge on any atom is -0.491 e. The van der Waals surface area contributed by atoms with Crippen LogP contribution in [0.4, 0.5) is 5.69 Å². The first-order valence-corrected chi connectivity index (χ1v) is 7.84. The average molecular weight is 315 g/mol. The number of anilines is 1. The van der Waals surface area contributed by atoms with Gasteiger partial charge in [-0.1, -0.05) is 6.92 Å². The number of nitrogens with two attached hydrogens (primary N) is 1. The molecule has 0 amide bonds. The Bertz CT molecular complexity index is 604. The Labute approximate surface area is 137 Å². The minimum absolute atomic E-state index is 0.164. The average Bonchev–Trinajstić information content (AvgIpc) is 2.99. The van der Waals surface area contributed by atoms with Gasteiger partial charge in [0.05, 0.1) is 6.10 Å². The number of nitrogens with one attached hydrogen (secondary N) is 1. The number of ether oxygens (including phenoxy) is 1. The van der Waals surface area contributed by atoms with E-state index in [1.807, 2.05) is 55.1 Å². The van der Waals surface area contributed by atoms with Gasteiger partial charge in [0.2, 0.25) is 0 Å². The smallest absolute Gasteiger partial charge is 0.193 e. The Balaban J connectivity index is 1.81. The van der Waals surface area contributed by atoms with Gasteiger partial charge in [0.15, 0.2) is 5.96 Å². The normalized spacial score (nSPS) is 13.1. The van der Waals surface area contributed by atoms with Gasteiger partial charge in [-0.2, -0.15) is 5.10 Å². The molecule has 0 aliphatic heterocycles. The third-order valence-corrected chi connectivity index (χ3v) is 3.13. The van der Waals surface area contributed by atoms with Crippen molar-refractivity contribution >= 4 is 11.6 Å². The lowest BCUT2D eigenvalue weighted by atomic mass is 10.2. The van der Waals surface area contributed by atoms with Gasteiger partial charge in [0.25, 0.3) is 0 Å². The maximum absolute atomic E-state index is 5.93. The molecular weight excluding hydrogens is 290 g/mol. The maximum Gasteiger partial charge on any atom is 0.193 e. The van der Waals surface area contributed by atoms with Gasteiger partial charge in [-0.15, -0.1) is 0 Å². The molecule has 0 saturated carbocycles. The van der Waals surface area contributed by atoms with Crippen molar-refractivity contribution in [1.82, 2.24) is 9.78 Å². The molecule has 0 spiro atoms. The zero-order valence-corrected chi connectivity index (χ0v) is 13.9. The lowest BCUT2D eigenvalue weighted by Crippen LogP contribution is -2.24. The zero-order chi connectivity index (χ0) is 16.7. The summed E-state index contributed by atoms with van der Waals surface area (Å²) in [5.41, 5.74) is 6.82. The second-order valence-corrected chi connectivity index (χ2v) is 5.88. The second kappa shape index (κ2) is 8.22. The van der Waals surface area contributed by atoms with Gasteiger partial charge in [0, 0.05) is 31.2 Å². The van der Waals surface area contributed by atoms with Gasteiger partial charge < -0.3 is 15.8 Å². The van der Waals surface area contributed by atoms with Crippen LogP contribution in [0.25, 0.3) is 0 Å². The maximum atomic E-state index is 5.93. The summed E-state index contributed by atoms with van der Waals surface area (Å²) in [6.07, 6.45) is 3.89. The topological polar surface area (TPSA) is 77.5 Å². The number of rotatable bonds is 7. The van der Waals surface area contributed by atoms with Crippen LogP contribution < -0.4 is 15.8 Å². The fourth-order valence-electron chi connectivity index (χ4n) is 2.12. The molecule has 1 unspecified atom stereocenters. The lowest BCUT2D eigenvalue weighted by Gasteiger charge is -2.12. The van der Waals surface area contributed by atoms with E-state index in [0.29, 0.717) is 18.4 Å². The van der Waals surface area contributed by atoms with Crippen molar-refractivity contribution < 1.29 is 4.74 Å². The predicted octanol–water partition coefficient (Wildman–Crippen LogP) is 2.73. The Morgan fingerprint density at radius 2 is 2.04 bits per heavy atom. The molecule has 23 heavy (non-hydrogen) atoms. The van der Waals surface area contributed by atoms with Crippen LogP contribution in [0.2, 0.25) is 0 Å². The van der Waals surface area contributed by atoms with Crippen LogP contribution in [-0.4, -0.2) is 28.4 Å². The highest BCUT2D eigenvalue weighted by molar-refractivity contribution is 5.92. The molecule has 2 aromatic rings. The summed E-state index contributed by atoms with van der Waals surface area (Å²) in [4.78, 5) is 4.38. The molecule has 6 nitrogen and oxygen atoms in total. The van der Waals surface area contributed by atoms with E-state index in [4.69, 9.17) is 10.5 Å². The summed E-state index contributed by atoms with van der Waals surface area (Å²) in [7, 11) is 0. The number of aromatic nitrogens is 2. The summed E-state index contributed by atoms with van der Waals surface area (Å²) < 4.78 is 7.51. The molecular formula is C17H25N5O. The lowest BCUT2D eigenvalue weighted by molar-refractivity contribution is 0.242. The molecule has 1 heterocycles. The summed E-state index contributed by atoms with van der Waals surface area (Å²) in [5, 5.41) is 7.28. The van der Waals surface area contributed by atoms with Crippen LogP contribution in [0.1, 0.15) is 20.8 Å². The van der Waals surface area contributed by atoms with Crippen LogP contribution in [-0.2, 0) is 6.54 Å². The molecule has 1 aromatic heterocycles. The van der Waals surface area contributed by atoms with Crippen LogP contribution in [0, 0.1) is 5.92 Å². The fourth-order valence-corrected chi connectivity index (χ4v) is 2.12. The third kappa shape index (κ3) is 6.02. The largest absolute Gasteiger partial charge is 0.491 e. The van der Waals surface area contributed by atoms with Crippen LogP contribution in [0.15, 0.2) is 47.7 Å². The monoisotopic (exact) mass is 315 g/mol. The summed E-state index contributed by atoms with van der Waals surface area (Å²) in [5.74, 6) is 1.61. The Morgan fingerprint density at radius 3 is 2.65 bits per heavy atom. The fraction of sp³-hybridized carbons (Fsp3) is 0.412. The van der Waals surface area contributed by atoms with Crippen molar-refractivity contribution in [2.75, 3.05) is 11.9 Å². The van der Waals surface area contributed by atoms with Gasteiger partial charge in [-0.05, 0) is 50.1 Å². The number of nitrogens with zero attached hydrogens (tertiary/aromatic N) is 3. The predicted molar refractivity (Wildman–Crippen MR) is 93.7 cm³/mol. The standard InChI is InChI=1S/C17H25N5O/c1-13(2)23-16-7-5-15(6-8-16)21-17(18)19-11-14(3)12-22-10-4-9-20-22/h4-10,13-14H,11-12H2,1-3H3,(H3,18,19,21). The molecule has 2 rings (SSSR count). The first kappa shape index (κ1) is 16.9. The molecule has 124 valence electrons. The van der Waals surface area contributed by atoms with E-state index < -0.39 is 0 Å². The van der Waals surface area contributed by atoms with Gasteiger partial charge in [-0.3, -0.25) is 9.67 Å². The van der Waals surface area contributed by atoms with Crippen molar-refractivity contribution in [1.29, 1.82) is 0 Å². The van der Waals surface area contributed by atoms with Crippen molar-refractivity contribution in [3.8, 4) is 5.75 Å². The highest BCUT2D eigenvalue weighted by Gasteiger charge is 2.04. The zero-order valence-electron chi connectivity index (χ0n) is 13.9. The van der Waals surface area contributed by atoms with E-state index in [9.17, 15) is 0 Å². The first-order chi connectivity index (χ1) is 11.0. The van der Waals surface area contributed by atoms with Crippen molar-refractivity contribution in [3.63, 3.8) is 0 Å².